The molecule has 0 aromatic heterocycles. The first kappa shape index (κ1) is 13.6. The van der Waals surface area contributed by atoms with Gasteiger partial charge in [-0.15, -0.1) is 0 Å². The predicted molar refractivity (Wildman–Crippen MR) is 71.9 cm³/mol. The van der Waals surface area contributed by atoms with E-state index in [2.05, 4.69) is 15.6 Å². The van der Waals surface area contributed by atoms with Crippen molar-refractivity contribution in [2.75, 3.05) is 26.8 Å². The van der Waals surface area contributed by atoms with Crippen molar-refractivity contribution in [1.29, 1.82) is 0 Å². The van der Waals surface area contributed by atoms with Gasteiger partial charge in [0.2, 0.25) is 0 Å². The van der Waals surface area contributed by atoms with Gasteiger partial charge in [-0.1, -0.05) is 0 Å². The van der Waals surface area contributed by atoms with Gasteiger partial charge in [0.1, 0.15) is 0 Å². The lowest BCUT2D eigenvalue weighted by molar-refractivity contribution is 0.0992. The highest BCUT2D eigenvalue weighted by molar-refractivity contribution is 5.80. The average molecular weight is 255 g/mol. The van der Waals surface area contributed by atoms with Gasteiger partial charge < -0.3 is 20.1 Å². The van der Waals surface area contributed by atoms with E-state index >= 15 is 0 Å². The molecule has 2 heterocycles. The highest BCUT2D eigenvalue weighted by atomic mass is 16.5. The summed E-state index contributed by atoms with van der Waals surface area (Å²) in [6.07, 6.45) is 5.39. The summed E-state index contributed by atoms with van der Waals surface area (Å²) in [6.45, 7) is 4.50. The van der Waals surface area contributed by atoms with E-state index in [4.69, 9.17) is 9.47 Å². The molecule has 3 unspecified atom stereocenters. The van der Waals surface area contributed by atoms with Crippen LogP contribution < -0.4 is 10.6 Å². The van der Waals surface area contributed by atoms with Crippen LogP contribution in [-0.4, -0.2) is 51.0 Å². The summed E-state index contributed by atoms with van der Waals surface area (Å²) in [5, 5.41) is 6.78. The molecule has 2 fully saturated rings. The Hall–Kier alpha value is -0.810. The number of guanidine groups is 1. The SMILES string of the molecule is CCOCCCNC(=NC)NC1CC2CCC1O2. The van der Waals surface area contributed by atoms with Crippen molar-refractivity contribution in [1.82, 2.24) is 10.6 Å². The lowest BCUT2D eigenvalue weighted by atomic mass is 9.96. The summed E-state index contributed by atoms with van der Waals surface area (Å²) in [5.74, 6) is 0.882. The lowest BCUT2D eigenvalue weighted by Crippen LogP contribution is -2.47. The normalized spacial score (nSPS) is 30.8. The van der Waals surface area contributed by atoms with E-state index in [9.17, 15) is 0 Å². The van der Waals surface area contributed by atoms with E-state index < -0.39 is 0 Å². The second kappa shape index (κ2) is 6.95. The molecule has 0 spiro atoms. The van der Waals surface area contributed by atoms with Gasteiger partial charge in [0.25, 0.3) is 0 Å². The summed E-state index contributed by atoms with van der Waals surface area (Å²) >= 11 is 0. The van der Waals surface area contributed by atoms with Gasteiger partial charge >= 0.3 is 0 Å². The second-order valence-electron chi connectivity index (χ2n) is 4.91. The molecular weight excluding hydrogens is 230 g/mol. The molecule has 2 bridgehead atoms. The largest absolute Gasteiger partial charge is 0.382 e. The standard InChI is InChI=1S/C13H25N3O2/c1-3-17-8-4-7-15-13(14-2)16-11-9-10-5-6-12(11)18-10/h10-12H,3-9H2,1-2H3,(H2,14,15,16). The third-order valence-corrected chi connectivity index (χ3v) is 3.61. The van der Waals surface area contributed by atoms with E-state index in [-0.39, 0.29) is 0 Å². The molecule has 3 atom stereocenters. The Kier molecular flexibility index (Phi) is 5.26. The molecule has 0 aromatic carbocycles. The van der Waals surface area contributed by atoms with Crippen molar-refractivity contribution in [2.45, 2.75) is 50.9 Å². The molecule has 104 valence electrons. The molecule has 2 N–H and O–H groups in total. The summed E-state index contributed by atoms with van der Waals surface area (Å²) in [7, 11) is 1.81. The molecule has 5 nitrogen and oxygen atoms in total. The molecular formula is C13H25N3O2. The predicted octanol–water partition coefficient (Wildman–Crippen LogP) is 0.898. The summed E-state index contributed by atoms with van der Waals surface area (Å²) in [5.41, 5.74) is 0. The summed E-state index contributed by atoms with van der Waals surface area (Å²) in [6, 6.07) is 0.432. The fourth-order valence-electron chi connectivity index (χ4n) is 2.69. The van der Waals surface area contributed by atoms with Crippen LogP contribution in [0.1, 0.15) is 32.6 Å². The fraction of sp³-hybridized carbons (Fsp3) is 0.923. The van der Waals surface area contributed by atoms with E-state index in [1.54, 1.807) is 0 Å². The van der Waals surface area contributed by atoms with Crippen LogP contribution in [0.3, 0.4) is 0 Å². The van der Waals surface area contributed by atoms with Crippen LogP contribution >= 0.6 is 0 Å². The van der Waals surface area contributed by atoms with E-state index in [1.807, 2.05) is 14.0 Å². The summed E-state index contributed by atoms with van der Waals surface area (Å²) < 4.78 is 11.1. The fourth-order valence-corrected chi connectivity index (χ4v) is 2.69. The van der Waals surface area contributed by atoms with Crippen LogP contribution in [0.2, 0.25) is 0 Å². The minimum atomic E-state index is 0.386. The van der Waals surface area contributed by atoms with Crippen LogP contribution in [0, 0.1) is 0 Å². The Bertz CT molecular complexity index is 283. The van der Waals surface area contributed by atoms with Crippen LogP contribution in [0.4, 0.5) is 0 Å². The number of hydrogen-bond donors (Lipinski definition) is 2. The van der Waals surface area contributed by atoms with E-state index in [0.717, 1.165) is 38.6 Å². The average Bonchev–Trinajstić information content (AvgIpc) is 2.99. The Morgan fingerprint density at radius 2 is 2.33 bits per heavy atom. The zero-order valence-corrected chi connectivity index (χ0v) is 11.4. The van der Waals surface area contributed by atoms with Gasteiger partial charge in [0.05, 0.1) is 18.2 Å². The third kappa shape index (κ3) is 3.59. The second-order valence-corrected chi connectivity index (χ2v) is 4.91. The number of nitrogens with one attached hydrogen (secondary N) is 2. The molecule has 0 aliphatic carbocycles. The first-order chi connectivity index (χ1) is 8.83. The molecule has 2 aliphatic rings. The maximum absolute atomic E-state index is 5.82. The van der Waals surface area contributed by atoms with Gasteiger partial charge in [-0.3, -0.25) is 4.99 Å². The Morgan fingerprint density at radius 1 is 1.44 bits per heavy atom. The van der Waals surface area contributed by atoms with Crippen molar-refractivity contribution in [3.05, 3.63) is 0 Å². The lowest BCUT2D eigenvalue weighted by Gasteiger charge is -2.22. The highest BCUT2D eigenvalue weighted by Gasteiger charge is 2.40. The Labute approximate surface area is 109 Å². The molecule has 2 rings (SSSR count). The maximum atomic E-state index is 5.82. The molecule has 5 heteroatoms. The molecule has 0 aromatic rings. The first-order valence-corrected chi connectivity index (χ1v) is 7.04. The van der Waals surface area contributed by atoms with Crippen LogP contribution in [0.25, 0.3) is 0 Å². The molecule has 2 saturated heterocycles. The van der Waals surface area contributed by atoms with Gasteiger partial charge in [-0.25, -0.2) is 0 Å². The van der Waals surface area contributed by atoms with E-state index in [0.29, 0.717) is 18.2 Å². The number of aliphatic imine (C=N–C) groups is 1. The molecule has 2 aliphatic heterocycles. The van der Waals surface area contributed by atoms with Crippen molar-refractivity contribution in [2.24, 2.45) is 4.99 Å². The number of fused-ring (bicyclic) bond motifs is 2. The number of ether oxygens (including phenoxy) is 2. The third-order valence-electron chi connectivity index (χ3n) is 3.61. The Morgan fingerprint density at radius 3 is 2.94 bits per heavy atom. The van der Waals surface area contributed by atoms with Crippen molar-refractivity contribution >= 4 is 5.96 Å². The van der Waals surface area contributed by atoms with Gasteiger partial charge in [0.15, 0.2) is 5.96 Å². The minimum absolute atomic E-state index is 0.386. The molecule has 0 radical (unpaired) electrons. The van der Waals surface area contributed by atoms with E-state index in [1.165, 1.54) is 12.8 Å². The molecule has 0 amide bonds. The van der Waals surface area contributed by atoms with Crippen molar-refractivity contribution < 1.29 is 9.47 Å². The smallest absolute Gasteiger partial charge is 0.191 e. The maximum Gasteiger partial charge on any atom is 0.191 e. The zero-order chi connectivity index (χ0) is 12.8. The van der Waals surface area contributed by atoms with Crippen molar-refractivity contribution in [3.8, 4) is 0 Å². The quantitative estimate of drug-likeness (QED) is 0.420. The topological polar surface area (TPSA) is 54.9 Å². The molecule has 0 saturated carbocycles. The Balaban J connectivity index is 1.64. The highest BCUT2D eigenvalue weighted by Crippen LogP contribution is 2.34. The van der Waals surface area contributed by atoms with Gasteiger partial charge in [-0.05, 0) is 32.6 Å². The zero-order valence-electron chi connectivity index (χ0n) is 11.4. The van der Waals surface area contributed by atoms with Crippen LogP contribution in [-0.2, 0) is 9.47 Å². The number of nitrogens with zero attached hydrogens (tertiary/aromatic N) is 1. The number of rotatable bonds is 6. The first-order valence-electron chi connectivity index (χ1n) is 7.04. The summed E-state index contributed by atoms with van der Waals surface area (Å²) in [4.78, 5) is 4.25. The van der Waals surface area contributed by atoms with Crippen LogP contribution in [0.15, 0.2) is 4.99 Å². The van der Waals surface area contributed by atoms with Gasteiger partial charge in [0, 0.05) is 26.8 Å². The molecule has 18 heavy (non-hydrogen) atoms. The van der Waals surface area contributed by atoms with Crippen molar-refractivity contribution in [3.63, 3.8) is 0 Å². The monoisotopic (exact) mass is 255 g/mol. The van der Waals surface area contributed by atoms with Crippen LogP contribution in [0.5, 0.6) is 0 Å². The number of hydrogen-bond acceptors (Lipinski definition) is 3. The van der Waals surface area contributed by atoms with Gasteiger partial charge in [-0.2, -0.15) is 0 Å². The minimum Gasteiger partial charge on any atom is -0.382 e.